The molecule has 0 spiro atoms. The molecule has 2 unspecified atom stereocenters. The van der Waals surface area contributed by atoms with Crippen molar-refractivity contribution in [1.82, 2.24) is 9.97 Å². The van der Waals surface area contributed by atoms with Gasteiger partial charge in [-0.05, 0) is 12.5 Å². The average molecular weight is 297 g/mol. The molecular weight excluding hydrogens is 285 g/mol. The lowest BCUT2D eigenvalue weighted by Crippen LogP contribution is -2.16. The number of aromatic nitrogens is 2. The van der Waals surface area contributed by atoms with Crippen LogP contribution < -0.4 is 0 Å². The molecule has 0 saturated heterocycles. The number of rotatable bonds is 3. The fraction of sp³-hybridized carbons (Fsp3) is 0.600. The number of hydrogen-bond donors (Lipinski definition) is 0. The Morgan fingerprint density at radius 3 is 2.50 bits per heavy atom. The zero-order chi connectivity index (χ0) is 12.3. The van der Waals surface area contributed by atoms with Crippen LogP contribution in [0.1, 0.15) is 37.7 Å². The molecule has 0 radical (unpaired) electrons. The fourth-order valence-corrected chi connectivity index (χ4v) is 2.03. The van der Waals surface area contributed by atoms with E-state index in [0.29, 0.717) is 6.42 Å². The molecule has 0 amide bonds. The topological polar surface area (TPSA) is 25.8 Å². The summed E-state index contributed by atoms with van der Waals surface area (Å²) in [4.78, 5) is 7.52. The summed E-state index contributed by atoms with van der Waals surface area (Å²) in [6, 6.07) is 0.884. The van der Waals surface area contributed by atoms with E-state index in [1.54, 1.807) is 0 Å². The predicted octanol–water partition coefficient (Wildman–Crippen LogP) is 3.77. The zero-order valence-corrected chi connectivity index (χ0v) is 10.5. The molecule has 90 valence electrons. The molecule has 16 heavy (non-hydrogen) atoms. The molecule has 0 aliphatic carbocycles. The van der Waals surface area contributed by atoms with Crippen molar-refractivity contribution in [3.8, 4) is 0 Å². The smallest absolute Gasteiger partial charge is 0.241 e. The first kappa shape index (κ1) is 13.4. The van der Waals surface area contributed by atoms with Gasteiger partial charge in [0.1, 0.15) is 11.5 Å². The van der Waals surface area contributed by atoms with Gasteiger partial charge in [0.2, 0.25) is 0 Å². The van der Waals surface area contributed by atoms with Gasteiger partial charge in [-0.3, -0.25) is 0 Å². The van der Waals surface area contributed by atoms with Crippen LogP contribution in [0.15, 0.2) is 12.3 Å². The summed E-state index contributed by atoms with van der Waals surface area (Å²) >= 11 is 3.35. The Bertz CT molecular complexity index is 352. The molecule has 0 aromatic carbocycles. The van der Waals surface area contributed by atoms with E-state index >= 15 is 0 Å². The second-order valence-electron chi connectivity index (χ2n) is 3.49. The van der Waals surface area contributed by atoms with Crippen molar-refractivity contribution >= 4 is 15.9 Å². The Balaban J connectivity index is 3.07. The molecule has 0 aliphatic heterocycles. The van der Waals surface area contributed by atoms with Crippen LogP contribution in [0.4, 0.5) is 13.2 Å². The lowest BCUT2D eigenvalue weighted by atomic mass is 10.0. The molecular formula is C10H12BrF3N2. The van der Waals surface area contributed by atoms with Gasteiger partial charge in [0, 0.05) is 16.9 Å². The van der Waals surface area contributed by atoms with Gasteiger partial charge in [-0.15, -0.1) is 0 Å². The summed E-state index contributed by atoms with van der Waals surface area (Å²) in [6.45, 7) is 3.77. The molecule has 1 aromatic rings. The van der Waals surface area contributed by atoms with Gasteiger partial charge in [-0.2, -0.15) is 13.2 Å². The Kier molecular flexibility index (Phi) is 4.29. The normalized spacial score (nSPS) is 15.9. The van der Waals surface area contributed by atoms with Crippen molar-refractivity contribution in [3.05, 3.63) is 23.8 Å². The van der Waals surface area contributed by atoms with E-state index in [-0.39, 0.29) is 16.6 Å². The van der Waals surface area contributed by atoms with Crippen molar-refractivity contribution in [1.29, 1.82) is 0 Å². The molecule has 1 aromatic heterocycles. The van der Waals surface area contributed by atoms with E-state index < -0.39 is 11.9 Å². The summed E-state index contributed by atoms with van der Waals surface area (Å²) in [5, 5.41) is 0. The number of hydrogen-bond acceptors (Lipinski definition) is 2. The van der Waals surface area contributed by atoms with Gasteiger partial charge in [-0.25, -0.2) is 9.97 Å². The van der Waals surface area contributed by atoms with E-state index in [2.05, 4.69) is 25.9 Å². The van der Waals surface area contributed by atoms with Crippen molar-refractivity contribution in [2.45, 2.75) is 37.2 Å². The maximum absolute atomic E-state index is 12.4. The zero-order valence-electron chi connectivity index (χ0n) is 8.92. The van der Waals surface area contributed by atoms with Gasteiger partial charge >= 0.3 is 6.18 Å². The summed E-state index contributed by atoms with van der Waals surface area (Å²) in [6.07, 6.45) is -2.57. The molecule has 0 bridgehead atoms. The lowest BCUT2D eigenvalue weighted by Gasteiger charge is -2.17. The van der Waals surface area contributed by atoms with Crippen LogP contribution in [0.5, 0.6) is 0 Å². The van der Waals surface area contributed by atoms with Crippen molar-refractivity contribution < 1.29 is 13.2 Å². The Morgan fingerprint density at radius 2 is 2.06 bits per heavy atom. The largest absolute Gasteiger partial charge is 0.433 e. The highest BCUT2D eigenvalue weighted by molar-refractivity contribution is 9.09. The van der Waals surface area contributed by atoms with Crippen LogP contribution in [-0.2, 0) is 6.18 Å². The maximum Gasteiger partial charge on any atom is 0.433 e. The van der Waals surface area contributed by atoms with Gasteiger partial charge < -0.3 is 0 Å². The molecule has 2 nitrogen and oxygen atoms in total. The highest BCUT2D eigenvalue weighted by Crippen LogP contribution is 2.30. The van der Waals surface area contributed by atoms with Crippen LogP contribution in [0, 0.1) is 0 Å². The monoisotopic (exact) mass is 296 g/mol. The first-order valence-electron chi connectivity index (χ1n) is 4.90. The van der Waals surface area contributed by atoms with Gasteiger partial charge in [-0.1, -0.05) is 29.8 Å². The molecule has 2 atom stereocenters. The molecule has 1 heterocycles. The predicted molar refractivity (Wildman–Crippen MR) is 58.5 cm³/mol. The second-order valence-corrected chi connectivity index (χ2v) is 4.93. The minimum Gasteiger partial charge on any atom is -0.241 e. The highest BCUT2D eigenvalue weighted by Gasteiger charge is 2.33. The first-order valence-corrected chi connectivity index (χ1v) is 5.82. The SMILES string of the molecule is CCC(c1nccc(C(F)(F)F)n1)C(C)Br. The summed E-state index contributed by atoms with van der Waals surface area (Å²) in [5.74, 6) is 0.129. The average Bonchev–Trinajstić information content (AvgIpc) is 2.17. The van der Waals surface area contributed by atoms with Gasteiger partial charge in [0.15, 0.2) is 0 Å². The van der Waals surface area contributed by atoms with Crippen molar-refractivity contribution in [2.75, 3.05) is 0 Å². The Morgan fingerprint density at radius 1 is 1.44 bits per heavy atom. The molecule has 0 aliphatic rings. The van der Waals surface area contributed by atoms with Crippen LogP contribution in [0.2, 0.25) is 0 Å². The summed E-state index contributed by atoms with van der Waals surface area (Å²) in [5.41, 5.74) is -0.885. The van der Waals surface area contributed by atoms with Crippen molar-refractivity contribution in [3.63, 3.8) is 0 Å². The summed E-state index contributed by atoms with van der Waals surface area (Å²) < 4.78 is 37.3. The maximum atomic E-state index is 12.4. The molecule has 1 rings (SSSR count). The number of nitrogens with zero attached hydrogens (tertiary/aromatic N) is 2. The third-order valence-electron chi connectivity index (χ3n) is 2.29. The molecule has 6 heteroatoms. The Hall–Kier alpha value is -0.650. The van der Waals surface area contributed by atoms with Gasteiger partial charge in [0.25, 0.3) is 0 Å². The van der Waals surface area contributed by atoms with Gasteiger partial charge in [0.05, 0.1) is 0 Å². The standard InChI is InChI=1S/C10H12BrF3N2/c1-3-7(6(2)11)9-15-5-4-8(16-9)10(12,13)14/h4-7H,3H2,1-2H3. The third-order valence-corrected chi connectivity index (χ3v) is 2.93. The summed E-state index contributed by atoms with van der Waals surface area (Å²) in [7, 11) is 0. The third kappa shape index (κ3) is 3.17. The quantitative estimate of drug-likeness (QED) is 0.794. The number of halogens is 4. The lowest BCUT2D eigenvalue weighted by molar-refractivity contribution is -0.141. The van der Waals surface area contributed by atoms with Crippen molar-refractivity contribution in [2.24, 2.45) is 0 Å². The Labute approximate surface area is 100 Å². The first-order chi connectivity index (χ1) is 7.36. The molecule has 0 fully saturated rings. The van der Waals surface area contributed by atoms with E-state index in [4.69, 9.17) is 0 Å². The second kappa shape index (κ2) is 5.12. The van der Waals surface area contributed by atoms with E-state index in [1.807, 2.05) is 13.8 Å². The van der Waals surface area contributed by atoms with E-state index in [9.17, 15) is 13.2 Å². The highest BCUT2D eigenvalue weighted by atomic mass is 79.9. The van der Waals surface area contributed by atoms with Crippen LogP contribution in [0.25, 0.3) is 0 Å². The minimum absolute atomic E-state index is 0.0426. The van der Waals surface area contributed by atoms with Crippen LogP contribution in [-0.4, -0.2) is 14.8 Å². The fourth-order valence-electron chi connectivity index (χ4n) is 1.42. The minimum atomic E-state index is -4.41. The number of alkyl halides is 4. The van der Waals surface area contributed by atoms with E-state index in [1.165, 1.54) is 0 Å². The van der Waals surface area contributed by atoms with E-state index in [0.717, 1.165) is 12.3 Å². The van der Waals surface area contributed by atoms with Crippen LogP contribution >= 0.6 is 15.9 Å². The molecule has 0 N–H and O–H groups in total. The van der Waals surface area contributed by atoms with Crippen LogP contribution in [0.3, 0.4) is 0 Å². The molecule has 0 saturated carbocycles.